The molecule has 0 saturated carbocycles. The molecule has 6 heteroatoms. The lowest BCUT2D eigenvalue weighted by Gasteiger charge is -2.35. The maximum atomic E-state index is 12.6. The first-order chi connectivity index (χ1) is 11.7. The number of methoxy groups -OCH3 is 1. The quantitative estimate of drug-likeness (QED) is 0.886. The number of amides is 2. The molecule has 5 nitrogen and oxygen atoms in total. The van der Waals surface area contributed by atoms with E-state index in [1.165, 1.54) is 12.8 Å². The summed E-state index contributed by atoms with van der Waals surface area (Å²) in [5.74, 6) is 0.571. The van der Waals surface area contributed by atoms with Crippen molar-refractivity contribution >= 4 is 17.6 Å². The molecule has 3 heterocycles. The Morgan fingerprint density at radius 2 is 2.04 bits per heavy atom. The van der Waals surface area contributed by atoms with Gasteiger partial charge in [0.2, 0.25) is 0 Å². The monoisotopic (exact) mass is 351 g/mol. The Morgan fingerprint density at radius 3 is 2.79 bits per heavy atom. The van der Waals surface area contributed by atoms with Crippen LogP contribution in [0, 0.1) is 5.92 Å². The number of hydrogen-bond acceptors (Lipinski definition) is 3. The summed E-state index contributed by atoms with van der Waals surface area (Å²) in [7, 11) is 1.74. The zero-order valence-corrected chi connectivity index (χ0v) is 15.0. The topological polar surface area (TPSA) is 44.8 Å². The molecule has 2 atom stereocenters. The number of hydrogen-bond donors (Lipinski definition) is 1. The van der Waals surface area contributed by atoms with E-state index in [1.54, 1.807) is 7.11 Å². The SMILES string of the molecule is COCCN1C[C@H]2CC[C@@H]1CN(C(=O)NCc1ccc(Cl)cc1)C2. The summed E-state index contributed by atoms with van der Waals surface area (Å²) in [5.41, 5.74) is 1.06. The van der Waals surface area contributed by atoms with Crippen LogP contribution < -0.4 is 5.32 Å². The molecule has 24 heavy (non-hydrogen) atoms. The maximum Gasteiger partial charge on any atom is 0.317 e. The van der Waals surface area contributed by atoms with Crippen LogP contribution in [0.3, 0.4) is 0 Å². The van der Waals surface area contributed by atoms with Gasteiger partial charge in [-0.3, -0.25) is 4.90 Å². The lowest BCUT2D eigenvalue weighted by atomic mass is 9.95. The number of fused-ring (bicyclic) bond motifs is 4. The Kier molecular flexibility index (Phi) is 5.98. The van der Waals surface area contributed by atoms with Crippen molar-refractivity contribution in [3.05, 3.63) is 34.9 Å². The van der Waals surface area contributed by atoms with Gasteiger partial charge in [0.15, 0.2) is 0 Å². The minimum atomic E-state index is 0.0374. The Bertz CT molecular complexity index is 552. The fraction of sp³-hybridized carbons (Fsp3) is 0.611. The number of carbonyl (C=O) groups excluding carboxylic acids is 1. The molecule has 0 aliphatic carbocycles. The van der Waals surface area contributed by atoms with E-state index < -0.39 is 0 Å². The van der Waals surface area contributed by atoms with Crippen LogP contribution in [0.2, 0.25) is 5.02 Å². The largest absolute Gasteiger partial charge is 0.383 e. The van der Waals surface area contributed by atoms with Gasteiger partial charge >= 0.3 is 6.03 Å². The first kappa shape index (κ1) is 17.5. The molecule has 1 N–H and O–H groups in total. The van der Waals surface area contributed by atoms with Crippen molar-refractivity contribution in [1.82, 2.24) is 15.1 Å². The summed E-state index contributed by atoms with van der Waals surface area (Å²) in [6.07, 6.45) is 2.39. The molecule has 4 rings (SSSR count). The predicted octanol–water partition coefficient (Wildman–Crippen LogP) is 2.59. The molecule has 132 valence electrons. The number of rotatable bonds is 5. The summed E-state index contributed by atoms with van der Waals surface area (Å²) >= 11 is 5.89. The van der Waals surface area contributed by atoms with Crippen molar-refractivity contribution in [2.24, 2.45) is 5.92 Å². The highest BCUT2D eigenvalue weighted by atomic mass is 35.5. The third-order valence-electron chi connectivity index (χ3n) is 5.05. The molecule has 3 aliphatic rings. The molecule has 0 radical (unpaired) electrons. The molecular formula is C18H26ClN3O2. The van der Waals surface area contributed by atoms with Gasteiger partial charge in [-0.2, -0.15) is 0 Å². The molecular weight excluding hydrogens is 326 g/mol. The van der Waals surface area contributed by atoms with Crippen LogP contribution >= 0.6 is 11.6 Å². The number of benzene rings is 1. The van der Waals surface area contributed by atoms with Crippen LogP contribution in [0.4, 0.5) is 4.79 Å². The van der Waals surface area contributed by atoms with Crippen molar-refractivity contribution in [3.8, 4) is 0 Å². The normalized spacial score (nSPS) is 24.0. The molecule has 0 spiro atoms. The number of ether oxygens (including phenoxy) is 1. The second kappa shape index (κ2) is 8.19. The Hall–Kier alpha value is -1.30. The predicted molar refractivity (Wildman–Crippen MR) is 95.2 cm³/mol. The van der Waals surface area contributed by atoms with Crippen molar-refractivity contribution in [3.63, 3.8) is 0 Å². The fourth-order valence-corrected chi connectivity index (χ4v) is 3.85. The molecule has 0 aromatic heterocycles. The fourth-order valence-electron chi connectivity index (χ4n) is 3.72. The number of halogens is 1. The van der Waals surface area contributed by atoms with E-state index in [0.717, 1.165) is 38.3 Å². The number of urea groups is 1. The van der Waals surface area contributed by atoms with Crippen LogP contribution in [-0.2, 0) is 11.3 Å². The number of carbonyl (C=O) groups is 1. The van der Waals surface area contributed by atoms with Crippen molar-refractivity contribution in [2.75, 3.05) is 39.9 Å². The highest BCUT2D eigenvalue weighted by molar-refractivity contribution is 6.30. The maximum absolute atomic E-state index is 12.6. The molecule has 3 fully saturated rings. The second-order valence-electron chi connectivity index (χ2n) is 6.78. The zero-order chi connectivity index (χ0) is 16.9. The van der Waals surface area contributed by atoms with Crippen molar-refractivity contribution in [2.45, 2.75) is 25.4 Å². The van der Waals surface area contributed by atoms with E-state index in [2.05, 4.69) is 10.2 Å². The van der Waals surface area contributed by atoms with E-state index in [0.29, 0.717) is 23.5 Å². The molecule has 2 amide bonds. The minimum absolute atomic E-state index is 0.0374. The summed E-state index contributed by atoms with van der Waals surface area (Å²) in [5, 5.41) is 3.76. The Morgan fingerprint density at radius 1 is 1.25 bits per heavy atom. The average Bonchev–Trinajstić information content (AvgIpc) is 2.91. The minimum Gasteiger partial charge on any atom is -0.383 e. The summed E-state index contributed by atoms with van der Waals surface area (Å²) < 4.78 is 5.22. The van der Waals surface area contributed by atoms with Gasteiger partial charge in [-0.15, -0.1) is 0 Å². The van der Waals surface area contributed by atoms with Gasteiger partial charge in [0.05, 0.1) is 6.61 Å². The van der Waals surface area contributed by atoms with E-state index in [4.69, 9.17) is 16.3 Å². The number of piperidine rings is 1. The zero-order valence-electron chi connectivity index (χ0n) is 14.2. The van der Waals surface area contributed by atoms with Gasteiger partial charge in [0.25, 0.3) is 0 Å². The summed E-state index contributed by atoms with van der Waals surface area (Å²) in [6.45, 7) is 4.99. The lowest BCUT2D eigenvalue weighted by molar-refractivity contribution is 0.0874. The van der Waals surface area contributed by atoms with E-state index in [9.17, 15) is 4.79 Å². The van der Waals surface area contributed by atoms with Crippen LogP contribution in [0.5, 0.6) is 0 Å². The molecule has 1 aromatic carbocycles. The van der Waals surface area contributed by atoms with Gasteiger partial charge in [0.1, 0.15) is 0 Å². The second-order valence-corrected chi connectivity index (χ2v) is 7.21. The number of nitrogens with one attached hydrogen (secondary N) is 1. The third kappa shape index (κ3) is 4.41. The smallest absolute Gasteiger partial charge is 0.317 e. The number of nitrogens with zero attached hydrogens (tertiary/aromatic N) is 2. The Balaban J connectivity index is 1.54. The van der Waals surface area contributed by atoms with E-state index >= 15 is 0 Å². The summed E-state index contributed by atoms with van der Waals surface area (Å²) in [6, 6.07) is 8.09. The highest BCUT2D eigenvalue weighted by Gasteiger charge is 2.36. The van der Waals surface area contributed by atoms with Crippen LogP contribution in [-0.4, -0.2) is 61.8 Å². The van der Waals surface area contributed by atoms with E-state index in [1.807, 2.05) is 29.2 Å². The standard InChI is InChI=1S/C18H26ClN3O2/c1-24-9-8-21-11-15-4-7-17(21)13-22(12-15)18(23)20-10-14-2-5-16(19)6-3-14/h2-3,5-6,15,17H,4,7-13H2,1H3,(H,20,23)/t15-,17-/m1/s1. The highest BCUT2D eigenvalue weighted by Crippen LogP contribution is 2.27. The third-order valence-corrected chi connectivity index (χ3v) is 5.31. The van der Waals surface area contributed by atoms with Gasteiger partial charge in [-0.1, -0.05) is 23.7 Å². The van der Waals surface area contributed by atoms with Gasteiger partial charge in [0, 0.05) is 50.9 Å². The molecule has 3 saturated heterocycles. The van der Waals surface area contributed by atoms with E-state index in [-0.39, 0.29) is 6.03 Å². The van der Waals surface area contributed by atoms with Crippen LogP contribution in [0.25, 0.3) is 0 Å². The van der Waals surface area contributed by atoms with Gasteiger partial charge in [-0.25, -0.2) is 4.79 Å². The van der Waals surface area contributed by atoms with Crippen molar-refractivity contribution in [1.29, 1.82) is 0 Å². The average molecular weight is 352 g/mol. The first-order valence-corrected chi connectivity index (χ1v) is 9.03. The summed E-state index contributed by atoms with van der Waals surface area (Å²) in [4.78, 5) is 17.1. The van der Waals surface area contributed by atoms with Crippen molar-refractivity contribution < 1.29 is 9.53 Å². The molecule has 2 bridgehead atoms. The first-order valence-electron chi connectivity index (χ1n) is 8.66. The lowest BCUT2D eigenvalue weighted by Crippen LogP contribution is -2.47. The molecule has 1 aromatic rings. The molecule has 0 unspecified atom stereocenters. The van der Waals surface area contributed by atoms with Crippen LogP contribution in [0.1, 0.15) is 18.4 Å². The van der Waals surface area contributed by atoms with Gasteiger partial charge < -0.3 is 15.0 Å². The van der Waals surface area contributed by atoms with Crippen LogP contribution in [0.15, 0.2) is 24.3 Å². The molecule has 3 aliphatic heterocycles. The van der Waals surface area contributed by atoms with Gasteiger partial charge in [-0.05, 0) is 36.5 Å². The Labute approximate surface area is 148 Å².